The Balaban J connectivity index is 2.94. The molecule has 1 rings (SSSR count). The Bertz CT molecular complexity index is 319. The standard InChI is InChI=1S/C9H12Cl2O2/c1-9(2)3-6(12)8(11)7(4-9)13-5-10/h3-5H2,1-2H3/i5D2. The lowest BCUT2D eigenvalue weighted by atomic mass is 9.79. The zero-order valence-corrected chi connectivity index (χ0v) is 9.00. The molecule has 0 aromatic heterocycles. The third-order valence-electron chi connectivity index (χ3n) is 1.93. The van der Waals surface area contributed by atoms with Crippen molar-refractivity contribution < 1.29 is 12.3 Å². The minimum Gasteiger partial charge on any atom is -0.481 e. The van der Waals surface area contributed by atoms with Gasteiger partial charge in [0.2, 0.25) is 0 Å². The van der Waals surface area contributed by atoms with Crippen molar-refractivity contribution in [3.05, 3.63) is 10.8 Å². The van der Waals surface area contributed by atoms with Gasteiger partial charge < -0.3 is 4.74 Å². The van der Waals surface area contributed by atoms with E-state index in [9.17, 15) is 4.79 Å². The maximum absolute atomic E-state index is 11.5. The highest BCUT2D eigenvalue weighted by Gasteiger charge is 2.33. The van der Waals surface area contributed by atoms with Crippen LogP contribution in [-0.4, -0.2) is 11.8 Å². The first kappa shape index (κ1) is 8.13. The quantitative estimate of drug-likeness (QED) is 0.675. The van der Waals surface area contributed by atoms with Crippen molar-refractivity contribution in [1.82, 2.24) is 0 Å². The van der Waals surface area contributed by atoms with Crippen LogP contribution in [0.5, 0.6) is 0 Å². The third-order valence-corrected chi connectivity index (χ3v) is 2.43. The molecule has 0 bridgehead atoms. The molecule has 0 aromatic rings. The monoisotopic (exact) mass is 224 g/mol. The molecule has 0 saturated carbocycles. The Morgan fingerprint density at radius 3 is 2.77 bits per heavy atom. The highest BCUT2D eigenvalue weighted by molar-refractivity contribution is 6.43. The van der Waals surface area contributed by atoms with Crippen LogP contribution in [0.2, 0.25) is 0 Å². The number of hydrogen-bond acceptors (Lipinski definition) is 2. The van der Waals surface area contributed by atoms with Gasteiger partial charge in [0.05, 0.1) is 2.74 Å². The molecule has 0 heterocycles. The summed E-state index contributed by atoms with van der Waals surface area (Å²) in [6.07, 6.45) is 0.744. The van der Waals surface area contributed by atoms with E-state index in [0.717, 1.165) is 0 Å². The molecule has 0 radical (unpaired) electrons. The number of carbonyl (C=O) groups excluding carboxylic acids is 1. The zero-order chi connectivity index (χ0) is 11.9. The fourth-order valence-corrected chi connectivity index (χ4v) is 1.64. The Kier molecular flexibility index (Phi) is 2.43. The largest absolute Gasteiger partial charge is 0.481 e. The SMILES string of the molecule is [2H]C([2H])(Cl)OC1=C(Cl)C(=O)CC(C)(C)C1. The van der Waals surface area contributed by atoms with Crippen molar-refractivity contribution in [2.75, 3.05) is 6.02 Å². The molecular weight excluding hydrogens is 211 g/mol. The van der Waals surface area contributed by atoms with E-state index >= 15 is 0 Å². The lowest BCUT2D eigenvalue weighted by molar-refractivity contribution is -0.117. The minimum absolute atomic E-state index is 0.0427. The van der Waals surface area contributed by atoms with E-state index in [1.54, 1.807) is 0 Å². The Hall–Kier alpha value is -0.210. The van der Waals surface area contributed by atoms with Crippen LogP contribution in [0.15, 0.2) is 10.8 Å². The molecule has 0 unspecified atom stereocenters. The van der Waals surface area contributed by atoms with Gasteiger partial charge in [-0.3, -0.25) is 4.79 Å². The number of carbonyl (C=O) groups is 1. The van der Waals surface area contributed by atoms with Crippen molar-refractivity contribution in [3.8, 4) is 0 Å². The van der Waals surface area contributed by atoms with Gasteiger partial charge in [-0.25, -0.2) is 0 Å². The van der Waals surface area contributed by atoms with Gasteiger partial charge in [0, 0.05) is 12.8 Å². The zero-order valence-electron chi connectivity index (χ0n) is 9.49. The van der Waals surface area contributed by atoms with Crippen molar-refractivity contribution in [2.24, 2.45) is 5.41 Å². The number of allylic oxidation sites excluding steroid dienone is 2. The van der Waals surface area contributed by atoms with Crippen LogP contribution in [-0.2, 0) is 9.53 Å². The molecule has 0 amide bonds. The van der Waals surface area contributed by atoms with Crippen LogP contribution in [0.4, 0.5) is 0 Å². The Labute approximate surface area is 90.7 Å². The number of ether oxygens (including phenoxy) is 1. The average molecular weight is 225 g/mol. The van der Waals surface area contributed by atoms with Crippen molar-refractivity contribution in [2.45, 2.75) is 26.7 Å². The summed E-state index contributed by atoms with van der Waals surface area (Å²) in [7, 11) is 0. The summed E-state index contributed by atoms with van der Waals surface area (Å²) >= 11 is 11.0. The molecule has 0 spiro atoms. The molecular formula is C9H12Cl2O2. The number of Topliss-reactive ketones (excluding diaryl/α,β-unsaturated/α-hetero) is 1. The molecule has 1 aliphatic carbocycles. The lowest BCUT2D eigenvalue weighted by Crippen LogP contribution is -2.25. The lowest BCUT2D eigenvalue weighted by Gasteiger charge is -2.29. The van der Waals surface area contributed by atoms with Gasteiger partial charge in [-0.15, -0.1) is 0 Å². The predicted octanol–water partition coefficient (Wildman–Crippen LogP) is 3.04. The van der Waals surface area contributed by atoms with Gasteiger partial charge in [-0.2, -0.15) is 0 Å². The Morgan fingerprint density at radius 1 is 1.62 bits per heavy atom. The fourth-order valence-electron chi connectivity index (χ4n) is 1.37. The number of hydrogen-bond donors (Lipinski definition) is 0. The van der Waals surface area contributed by atoms with Crippen LogP contribution in [0.1, 0.15) is 29.4 Å². The molecule has 0 N–H and O–H groups in total. The normalized spacial score (nSPS) is 25.4. The van der Waals surface area contributed by atoms with Crippen LogP contribution < -0.4 is 0 Å². The molecule has 0 fully saturated rings. The summed E-state index contributed by atoms with van der Waals surface area (Å²) in [6, 6.07) is -2.33. The van der Waals surface area contributed by atoms with Crippen molar-refractivity contribution >= 4 is 29.0 Å². The van der Waals surface area contributed by atoms with Gasteiger partial charge in [-0.05, 0) is 5.41 Å². The molecule has 2 nitrogen and oxygen atoms in total. The summed E-state index contributed by atoms with van der Waals surface area (Å²) in [4.78, 5) is 11.5. The third kappa shape index (κ3) is 2.61. The van der Waals surface area contributed by atoms with Crippen LogP contribution in [0.3, 0.4) is 0 Å². The second-order valence-corrected chi connectivity index (χ2v) is 4.39. The van der Waals surface area contributed by atoms with E-state index in [-0.39, 0.29) is 22.0 Å². The summed E-state index contributed by atoms with van der Waals surface area (Å²) in [6.45, 7) is 3.78. The second-order valence-electron chi connectivity index (χ2n) is 3.86. The predicted molar refractivity (Wildman–Crippen MR) is 52.7 cm³/mol. The number of halogens is 2. The minimum atomic E-state index is -2.33. The maximum Gasteiger partial charge on any atom is 0.178 e. The van der Waals surface area contributed by atoms with Gasteiger partial charge in [-0.1, -0.05) is 37.0 Å². The van der Waals surface area contributed by atoms with E-state index < -0.39 is 6.02 Å². The highest BCUT2D eigenvalue weighted by atomic mass is 35.5. The van der Waals surface area contributed by atoms with E-state index in [4.69, 9.17) is 30.7 Å². The smallest absolute Gasteiger partial charge is 0.178 e. The molecule has 74 valence electrons. The summed E-state index contributed by atoms with van der Waals surface area (Å²) < 4.78 is 18.9. The van der Waals surface area contributed by atoms with Gasteiger partial charge in [0.25, 0.3) is 0 Å². The van der Waals surface area contributed by atoms with Crippen LogP contribution in [0.25, 0.3) is 0 Å². The summed E-state index contributed by atoms with van der Waals surface area (Å²) in [5.74, 6) is -0.0956. The first-order chi connectivity index (χ1) is 6.61. The van der Waals surface area contributed by atoms with Crippen molar-refractivity contribution in [1.29, 1.82) is 0 Å². The molecule has 4 heteroatoms. The van der Waals surface area contributed by atoms with E-state index in [1.807, 2.05) is 13.8 Å². The van der Waals surface area contributed by atoms with Gasteiger partial charge in [0.15, 0.2) is 11.8 Å². The molecule has 0 saturated heterocycles. The van der Waals surface area contributed by atoms with Gasteiger partial charge in [0.1, 0.15) is 10.8 Å². The number of alkyl halides is 1. The second kappa shape index (κ2) is 3.89. The first-order valence-corrected chi connectivity index (χ1v) is 4.66. The van der Waals surface area contributed by atoms with Crippen LogP contribution in [0, 0.1) is 5.41 Å². The summed E-state index contributed by atoms with van der Waals surface area (Å²) in [5.41, 5.74) is -0.271. The molecule has 1 aliphatic rings. The van der Waals surface area contributed by atoms with Crippen molar-refractivity contribution in [3.63, 3.8) is 0 Å². The van der Waals surface area contributed by atoms with E-state index in [2.05, 4.69) is 0 Å². The van der Waals surface area contributed by atoms with Crippen LogP contribution >= 0.6 is 23.2 Å². The van der Waals surface area contributed by atoms with E-state index in [0.29, 0.717) is 12.8 Å². The molecule has 0 aliphatic heterocycles. The first-order valence-electron chi connectivity index (χ1n) is 4.90. The summed E-state index contributed by atoms with van der Waals surface area (Å²) in [5, 5.41) is -0.0427. The molecule has 13 heavy (non-hydrogen) atoms. The topological polar surface area (TPSA) is 26.3 Å². The fraction of sp³-hybridized carbons (Fsp3) is 0.667. The molecule has 0 atom stereocenters. The maximum atomic E-state index is 11.5. The number of ketones is 1. The average Bonchev–Trinajstić information content (AvgIpc) is 1.95. The Morgan fingerprint density at radius 2 is 2.23 bits per heavy atom. The van der Waals surface area contributed by atoms with E-state index in [1.165, 1.54) is 0 Å². The highest BCUT2D eigenvalue weighted by Crippen LogP contribution is 2.38. The number of rotatable bonds is 2. The molecule has 0 aromatic carbocycles. The van der Waals surface area contributed by atoms with Gasteiger partial charge >= 0.3 is 0 Å².